The van der Waals surface area contributed by atoms with Crippen LogP contribution in [0.4, 0.5) is 10.1 Å². The number of anilines is 1. The Morgan fingerprint density at radius 3 is 2.36 bits per heavy atom. The van der Waals surface area contributed by atoms with Crippen LogP contribution in [0.15, 0.2) is 53.6 Å². The van der Waals surface area contributed by atoms with Gasteiger partial charge in [-0.05, 0) is 35.4 Å². The Kier molecular flexibility index (Phi) is 4.83. The van der Waals surface area contributed by atoms with Gasteiger partial charge in [-0.3, -0.25) is 4.79 Å². The molecule has 2 aromatic rings. The van der Waals surface area contributed by atoms with Crippen LogP contribution >= 0.6 is 0 Å². The summed E-state index contributed by atoms with van der Waals surface area (Å²) in [6.07, 6.45) is 1.02. The van der Waals surface area contributed by atoms with Gasteiger partial charge in [0.15, 0.2) is 0 Å². The van der Waals surface area contributed by atoms with Crippen molar-refractivity contribution in [3.05, 3.63) is 65.5 Å². The third-order valence-corrected chi connectivity index (χ3v) is 4.44. The van der Waals surface area contributed by atoms with Crippen LogP contribution in [0.1, 0.15) is 36.9 Å². The Bertz CT molecular complexity index is 782. The molecular formula is C20H22FN3O. The number of nitrogens with zero attached hydrogens (tertiary/aromatic N) is 3. The summed E-state index contributed by atoms with van der Waals surface area (Å²) in [5.41, 5.74) is 3.81. The summed E-state index contributed by atoms with van der Waals surface area (Å²) in [5.74, 6) is -0.293. The van der Waals surface area contributed by atoms with E-state index in [0.29, 0.717) is 12.8 Å². The molecule has 0 aliphatic carbocycles. The van der Waals surface area contributed by atoms with Crippen molar-refractivity contribution < 1.29 is 9.18 Å². The topological polar surface area (TPSA) is 35.9 Å². The molecule has 5 heteroatoms. The zero-order valence-electron chi connectivity index (χ0n) is 14.7. The molecule has 130 valence electrons. The van der Waals surface area contributed by atoms with Gasteiger partial charge in [0.25, 0.3) is 0 Å². The van der Waals surface area contributed by atoms with Gasteiger partial charge in [0.05, 0.1) is 11.8 Å². The van der Waals surface area contributed by atoms with Crippen LogP contribution in [-0.4, -0.2) is 30.7 Å². The highest BCUT2D eigenvalue weighted by atomic mass is 19.1. The summed E-state index contributed by atoms with van der Waals surface area (Å²) in [7, 11) is 3.99. The summed E-state index contributed by atoms with van der Waals surface area (Å²) in [6, 6.07) is 14.3. The minimum Gasteiger partial charge on any atom is -0.378 e. The van der Waals surface area contributed by atoms with Crippen molar-refractivity contribution in [2.24, 2.45) is 5.10 Å². The molecule has 0 aromatic heterocycles. The Labute approximate surface area is 147 Å². The minimum atomic E-state index is -0.278. The lowest BCUT2D eigenvalue weighted by Crippen LogP contribution is -2.26. The van der Waals surface area contributed by atoms with E-state index >= 15 is 0 Å². The standard InChI is InChI=1S/C20H22FN3O/c1-4-20(25)24-19(15-7-11-17(12-8-15)23(2)3)13-18(22-24)14-5-9-16(21)10-6-14/h5-12,19H,4,13H2,1-3H3/t19-/m0/s1. The number of hydrogen-bond acceptors (Lipinski definition) is 3. The van der Waals surface area contributed by atoms with E-state index in [2.05, 4.69) is 5.10 Å². The van der Waals surface area contributed by atoms with Crippen molar-refractivity contribution in [2.45, 2.75) is 25.8 Å². The van der Waals surface area contributed by atoms with E-state index in [9.17, 15) is 9.18 Å². The number of hydrazone groups is 1. The lowest BCUT2D eigenvalue weighted by atomic mass is 9.98. The van der Waals surface area contributed by atoms with Crippen LogP contribution < -0.4 is 4.90 Å². The molecule has 1 aliphatic rings. The van der Waals surface area contributed by atoms with E-state index < -0.39 is 0 Å². The van der Waals surface area contributed by atoms with E-state index in [1.54, 1.807) is 17.1 Å². The number of amides is 1. The normalized spacial score (nSPS) is 16.7. The van der Waals surface area contributed by atoms with Crippen LogP contribution in [0.5, 0.6) is 0 Å². The molecule has 1 atom stereocenters. The molecule has 25 heavy (non-hydrogen) atoms. The fraction of sp³-hybridized carbons (Fsp3) is 0.300. The highest BCUT2D eigenvalue weighted by Crippen LogP contribution is 2.34. The average molecular weight is 339 g/mol. The molecule has 0 bridgehead atoms. The first-order chi connectivity index (χ1) is 12.0. The molecule has 4 nitrogen and oxygen atoms in total. The number of carbonyl (C=O) groups is 1. The molecule has 0 spiro atoms. The maximum atomic E-state index is 13.2. The van der Waals surface area contributed by atoms with Gasteiger partial charge in [0.2, 0.25) is 5.91 Å². The Balaban J connectivity index is 1.91. The van der Waals surface area contributed by atoms with Gasteiger partial charge in [0.1, 0.15) is 5.82 Å². The lowest BCUT2D eigenvalue weighted by Gasteiger charge is -2.22. The number of rotatable bonds is 4. The molecule has 0 fully saturated rings. The Hall–Kier alpha value is -2.69. The molecule has 0 saturated heterocycles. The van der Waals surface area contributed by atoms with Crippen LogP contribution in [0.3, 0.4) is 0 Å². The van der Waals surface area contributed by atoms with E-state index in [-0.39, 0.29) is 17.8 Å². The monoisotopic (exact) mass is 339 g/mol. The van der Waals surface area contributed by atoms with Gasteiger partial charge in [0, 0.05) is 32.6 Å². The molecule has 3 rings (SSSR count). The third-order valence-electron chi connectivity index (χ3n) is 4.44. The van der Waals surface area contributed by atoms with Gasteiger partial charge in [-0.15, -0.1) is 0 Å². The molecule has 1 amide bonds. The van der Waals surface area contributed by atoms with Gasteiger partial charge in [-0.1, -0.05) is 31.2 Å². The molecule has 1 aliphatic heterocycles. The molecule has 1 heterocycles. The first kappa shape index (κ1) is 17.1. The maximum absolute atomic E-state index is 13.2. The second kappa shape index (κ2) is 7.05. The van der Waals surface area contributed by atoms with Gasteiger partial charge in [-0.25, -0.2) is 9.40 Å². The second-order valence-corrected chi connectivity index (χ2v) is 6.35. The predicted molar refractivity (Wildman–Crippen MR) is 98.2 cm³/mol. The fourth-order valence-electron chi connectivity index (χ4n) is 2.97. The Morgan fingerprint density at radius 2 is 1.80 bits per heavy atom. The van der Waals surface area contributed by atoms with Gasteiger partial charge in [-0.2, -0.15) is 5.10 Å². The van der Waals surface area contributed by atoms with Crippen molar-refractivity contribution in [1.29, 1.82) is 0 Å². The molecular weight excluding hydrogens is 317 g/mol. The highest BCUT2D eigenvalue weighted by Gasteiger charge is 2.32. The van der Waals surface area contributed by atoms with Crippen LogP contribution in [0, 0.1) is 5.82 Å². The van der Waals surface area contributed by atoms with Crippen molar-refractivity contribution in [2.75, 3.05) is 19.0 Å². The molecule has 0 unspecified atom stereocenters. The number of hydrogen-bond donors (Lipinski definition) is 0. The average Bonchev–Trinajstić information content (AvgIpc) is 3.07. The van der Waals surface area contributed by atoms with E-state index in [1.807, 2.05) is 50.2 Å². The van der Waals surface area contributed by atoms with E-state index in [1.165, 1.54) is 12.1 Å². The van der Waals surface area contributed by atoms with Crippen LogP contribution in [-0.2, 0) is 4.79 Å². The van der Waals surface area contributed by atoms with Crippen LogP contribution in [0.25, 0.3) is 0 Å². The summed E-state index contributed by atoms with van der Waals surface area (Å²) in [5, 5.41) is 6.11. The van der Waals surface area contributed by atoms with Crippen molar-refractivity contribution in [1.82, 2.24) is 5.01 Å². The molecule has 0 radical (unpaired) electrons. The predicted octanol–water partition coefficient (Wildman–Crippen LogP) is 3.98. The summed E-state index contributed by atoms with van der Waals surface area (Å²) in [6.45, 7) is 1.83. The lowest BCUT2D eigenvalue weighted by molar-refractivity contribution is -0.132. The van der Waals surface area contributed by atoms with Crippen molar-refractivity contribution in [3.63, 3.8) is 0 Å². The van der Waals surface area contributed by atoms with Crippen molar-refractivity contribution in [3.8, 4) is 0 Å². The van der Waals surface area contributed by atoms with Crippen molar-refractivity contribution >= 4 is 17.3 Å². The summed E-state index contributed by atoms with van der Waals surface area (Å²) >= 11 is 0. The highest BCUT2D eigenvalue weighted by molar-refractivity contribution is 6.03. The molecule has 2 aromatic carbocycles. The smallest absolute Gasteiger partial charge is 0.242 e. The zero-order valence-corrected chi connectivity index (χ0v) is 14.7. The molecule has 0 N–H and O–H groups in total. The number of benzene rings is 2. The van der Waals surface area contributed by atoms with E-state index in [0.717, 1.165) is 22.5 Å². The molecule has 0 saturated carbocycles. The summed E-state index contributed by atoms with van der Waals surface area (Å²) < 4.78 is 13.2. The summed E-state index contributed by atoms with van der Waals surface area (Å²) in [4.78, 5) is 14.4. The first-order valence-corrected chi connectivity index (χ1v) is 8.42. The first-order valence-electron chi connectivity index (χ1n) is 8.42. The van der Waals surface area contributed by atoms with Gasteiger partial charge < -0.3 is 4.90 Å². The third kappa shape index (κ3) is 3.55. The zero-order chi connectivity index (χ0) is 18.0. The fourth-order valence-corrected chi connectivity index (χ4v) is 2.97. The van der Waals surface area contributed by atoms with E-state index in [4.69, 9.17) is 0 Å². The minimum absolute atomic E-state index is 0.0150. The second-order valence-electron chi connectivity index (χ2n) is 6.35. The maximum Gasteiger partial charge on any atom is 0.242 e. The largest absolute Gasteiger partial charge is 0.378 e. The van der Waals surface area contributed by atoms with Gasteiger partial charge >= 0.3 is 0 Å². The Morgan fingerprint density at radius 1 is 1.16 bits per heavy atom. The number of halogens is 1. The number of carbonyl (C=O) groups excluding carboxylic acids is 1. The SMILES string of the molecule is CCC(=O)N1N=C(c2ccc(F)cc2)C[C@H]1c1ccc(N(C)C)cc1. The van der Waals surface area contributed by atoms with Crippen LogP contribution in [0.2, 0.25) is 0 Å². The quantitative estimate of drug-likeness (QED) is 0.845.